The van der Waals surface area contributed by atoms with Gasteiger partial charge < -0.3 is 5.73 Å². The van der Waals surface area contributed by atoms with Crippen LogP contribution in [0.5, 0.6) is 0 Å². The summed E-state index contributed by atoms with van der Waals surface area (Å²) in [5.74, 6) is -0.333. The van der Waals surface area contributed by atoms with Gasteiger partial charge in [0.15, 0.2) is 0 Å². The number of nitrogens with two attached hydrogens (primary N) is 1. The molecule has 0 atom stereocenters. The number of carbonyl (C=O) groups is 1. The molecule has 0 aliphatic carbocycles. The normalized spacial score (nSPS) is 11.6. The van der Waals surface area contributed by atoms with E-state index in [1.807, 2.05) is 19.9 Å². The molecule has 0 bridgehead atoms. The fourth-order valence-corrected chi connectivity index (χ4v) is 2.72. The van der Waals surface area contributed by atoms with E-state index >= 15 is 0 Å². The molecule has 0 fully saturated rings. The van der Waals surface area contributed by atoms with Crippen molar-refractivity contribution in [2.45, 2.75) is 47.0 Å². The van der Waals surface area contributed by atoms with E-state index in [0.717, 1.165) is 11.1 Å². The van der Waals surface area contributed by atoms with Gasteiger partial charge in [-0.2, -0.15) is 0 Å². The number of benzene rings is 1. The molecule has 1 aromatic carbocycles. The van der Waals surface area contributed by atoms with Crippen LogP contribution in [0.25, 0.3) is 0 Å². The molecule has 0 unspecified atom stereocenters. The first-order valence-electron chi connectivity index (χ1n) is 5.57. The van der Waals surface area contributed by atoms with Crippen molar-refractivity contribution in [2.24, 2.45) is 5.73 Å². The number of hydrogen-bond acceptors (Lipinski definition) is 1. The molecule has 0 aromatic heterocycles. The molecular weight excluding hydrogens is 198 g/mol. The lowest BCUT2D eigenvalue weighted by atomic mass is 9.78. The van der Waals surface area contributed by atoms with Gasteiger partial charge in [0.2, 0.25) is 5.91 Å². The Morgan fingerprint density at radius 1 is 1.12 bits per heavy atom. The quantitative estimate of drug-likeness (QED) is 0.775. The summed E-state index contributed by atoms with van der Waals surface area (Å²) in [5, 5.41) is 0. The SMILES string of the molecule is Cc1cc(C)c(C(C)(C)C)c(C)c1C(N)=O. The Morgan fingerprint density at radius 3 is 2.00 bits per heavy atom. The van der Waals surface area contributed by atoms with Gasteiger partial charge in [0.1, 0.15) is 0 Å². The first-order valence-corrected chi connectivity index (χ1v) is 5.57. The number of carbonyl (C=O) groups excluding carboxylic acids is 1. The molecule has 2 heteroatoms. The zero-order valence-electron chi connectivity index (χ0n) is 11.1. The fraction of sp³-hybridized carbons (Fsp3) is 0.500. The Hall–Kier alpha value is -1.31. The third-order valence-electron chi connectivity index (χ3n) is 2.97. The van der Waals surface area contributed by atoms with Crippen molar-refractivity contribution in [3.05, 3.63) is 33.9 Å². The summed E-state index contributed by atoms with van der Waals surface area (Å²) in [6, 6.07) is 2.05. The predicted octanol–water partition coefficient (Wildman–Crippen LogP) is 3.01. The van der Waals surface area contributed by atoms with E-state index in [-0.39, 0.29) is 11.3 Å². The minimum absolute atomic E-state index is 0.0338. The van der Waals surface area contributed by atoms with E-state index in [1.165, 1.54) is 11.1 Å². The largest absolute Gasteiger partial charge is 0.366 e. The van der Waals surface area contributed by atoms with E-state index < -0.39 is 0 Å². The third-order valence-corrected chi connectivity index (χ3v) is 2.97. The third kappa shape index (κ3) is 2.11. The maximum Gasteiger partial charge on any atom is 0.249 e. The Morgan fingerprint density at radius 2 is 1.62 bits per heavy atom. The molecule has 16 heavy (non-hydrogen) atoms. The highest BCUT2D eigenvalue weighted by Gasteiger charge is 2.23. The summed E-state index contributed by atoms with van der Waals surface area (Å²) in [4.78, 5) is 11.5. The van der Waals surface area contributed by atoms with Crippen molar-refractivity contribution >= 4 is 5.91 Å². The maximum atomic E-state index is 11.5. The van der Waals surface area contributed by atoms with Crippen LogP contribution in [0.4, 0.5) is 0 Å². The Bertz CT molecular complexity index is 439. The zero-order chi connectivity index (χ0) is 12.7. The van der Waals surface area contributed by atoms with E-state index in [9.17, 15) is 4.79 Å². The smallest absolute Gasteiger partial charge is 0.249 e. The first kappa shape index (κ1) is 12.8. The Labute approximate surface area is 97.9 Å². The molecule has 1 amide bonds. The molecule has 0 radical (unpaired) electrons. The van der Waals surface area contributed by atoms with Gasteiger partial charge in [0.25, 0.3) is 0 Å². The van der Waals surface area contributed by atoms with Gasteiger partial charge in [-0.15, -0.1) is 0 Å². The average molecular weight is 219 g/mol. The number of aryl methyl sites for hydroxylation is 2. The van der Waals surface area contributed by atoms with Gasteiger partial charge in [0.05, 0.1) is 0 Å². The Balaban J connectivity index is 3.65. The molecule has 0 saturated heterocycles. The molecule has 0 aliphatic rings. The van der Waals surface area contributed by atoms with E-state index in [1.54, 1.807) is 0 Å². The lowest BCUT2D eigenvalue weighted by molar-refractivity contribution is 0.0999. The molecular formula is C14H21NO. The van der Waals surface area contributed by atoms with Crippen molar-refractivity contribution in [2.75, 3.05) is 0 Å². The summed E-state index contributed by atoms with van der Waals surface area (Å²) >= 11 is 0. The summed E-state index contributed by atoms with van der Waals surface area (Å²) in [7, 11) is 0. The van der Waals surface area contributed by atoms with Gasteiger partial charge in [-0.3, -0.25) is 4.79 Å². The van der Waals surface area contributed by atoms with Crippen LogP contribution in [0.3, 0.4) is 0 Å². The van der Waals surface area contributed by atoms with Crippen molar-refractivity contribution < 1.29 is 4.79 Å². The number of primary amides is 1. The number of rotatable bonds is 1. The van der Waals surface area contributed by atoms with Crippen LogP contribution in [0.1, 0.15) is 53.4 Å². The lowest BCUT2D eigenvalue weighted by Crippen LogP contribution is -2.21. The Kier molecular flexibility index (Phi) is 3.13. The summed E-state index contributed by atoms with van der Waals surface area (Å²) in [6.45, 7) is 12.5. The summed E-state index contributed by atoms with van der Waals surface area (Å²) in [5.41, 5.74) is 10.6. The van der Waals surface area contributed by atoms with Gasteiger partial charge in [-0.05, 0) is 48.4 Å². The number of amides is 1. The van der Waals surface area contributed by atoms with Crippen molar-refractivity contribution in [3.8, 4) is 0 Å². The molecule has 1 rings (SSSR count). The van der Waals surface area contributed by atoms with E-state index in [4.69, 9.17) is 5.73 Å². The van der Waals surface area contributed by atoms with Crippen LogP contribution in [0.2, 0.25) is 0 Å². The predicted molar refractivity (Wildman–Crippen MR) is 67.9 cm³/mol. The minimum Gasteiger partial charge on any atom is -0.366 e. The summed E-state index contributed by atoms with van der Waals surface area (Å²) in [6.07, 6.45) is 0. The van der Waals surface area contributed by atoms with E-state index in [0.29, 0.717) is 5.56 Å². The molecule has 2 nitrogen and oxygen atoms in total. The molecule has 88 valence electrons. The van der Waals surface area contributed by atoms with Crippen LogP contribution in [0, 0.1) is 20.8 Å². The van der Waals surface area contributed by atoms with Crippen molar-refractivity contribution in [3.63, 3.8) is 0 Å². The lowest BCUT2D eigenvalue weighted by Gasteiger charge is -2.26. The topological polar surface area (TPSA) is 43.1 Å². The standard InChI is InChI=1S/C14H21NO/c1-8-7-9(2)12(14(4,5)6)10(3)11(8)13(15)16/h7H,1-6H3,(H2,15,16). The molecule has 1 aromatic rings. The van der Waals surface area contributed by atoms with Crippen molar-refractivity contribution in [1.29, 1.82) is 0 Å². The molecule has 0 aliphatic heterocycles. The van der Waals surface area contributed by atoms with Crippen LogP contribution < -0.4 is 5.73 Å². The highest BCUT2D eigenvalue weighted by molar-refractivity contribution is 5.96. The zero-order valence-corrected chi connectivity index (χ0v) is 11.1. The second-order valence-electron chi connectivity index (χ2n) is 5.50. The fourth-order valence-electron chi connectivity index (χ4n) is 2.72. The van der Waals surface area contributed by atoms with Crippen LogP contribution >= 0.6 is 0 Å². The summed E-state index contributed by atoms with van der Waals surface area (Å²) < 4.78 is 0. The molecule has 0 spiro atoms. The van der Waals surface area contributed by atoms with Crippen LogP contribution in [-0.4, -0.2) is 5.91 Å². The highest BCUT2D eigenvalue weighted by Crippen LogP contribution is 2.32. The van der Waals surface area contributed by atoms with Gasteiger partial charge >= 0.3 is 0 Å². The minimum atomic E-state index is -0.333. The second kappa shape index (κ2) is 3.93. The van der Waals surface area contributed by atoms with E-state index in [2.05, 4.69) is 27.7 Å². The van der Waals surface area contributed by atoms with Crippen molar-refractivity contribution in [1.82, 2.24) is 0 Å². The van der Waals surface area contributed by atoms with Gasteiger partial charge in [-0.1, -0.05) is 26.8 Å². The van der Waals surface area contributed by atoms with Crippen LogP contribution in [-0.2, 0) is 5.41 Å². The number of hydrogen-bond donors (Lipinski definition) is 1. The average Bonchev–Trinajstić information content (AvgIpc) is 1.97. The monoisotopic (exact) mass is 219 g/mol. The maximum absolute atomic E-state index is 11.5. The molecule has 0 heterocycles. The second-order valence-corrected chi connectivity index (χ2v) is 5.50. The first-order chi connectivity index (χ1) is 7.16. The van der Waals surface area contributed by atoms with Crippen LogP contribution in [0.15, 0.2) is 6.07 Å². The molecule has 0 saturated carbocycles. The highest BCUT2D eigenvalue weighted by atomic mass is 16.1. The molecule has 2 N–H and O–H groups in total. The van der Waals surface area contributed by atoms with Gasteiger partial charge in [0, 0.05) is 5.56 Å². The van der Waals surface area contributed by atoms with Gasteiger partial charge in [-0.25, -0.2) is 0 Å².